The van der Waals surface area contributed by atoms with Gasteiger partial charge in [-0.2, -0.15) is 0 Å². The van der Waals surface area contributed by atoms with E-state index in [0.717, 1.165) is 19.3 Å². The van der Waals surface area contributed by atoms with Crippen molar-refractivity contribution in [2.24, 2.45) is 11.7 Å². The summed E-state index contributed by atoms with van der Waals surface area (Å²) in [5.74, 6) is -0.212. The lowest BCUT2D eigenvalue weighted by Gasteiger charge is -2.11. The van der Waals surface area contributed by atoms with Crippen molar-refractivity contribution in [2.45, 2.75) is 31.8 Å². The van der Waals surface area contributed by atoms with Gasteiger partial charge >= 0.3 is 0 Å². The van der Waals surface area contributed by atoms with Crippen LogP contribution < -0.4 is 15.8 Å². The molecule has 0 spiro atoms. The Morgan fingerprint density at radius 3 is 2.89 bits per heavy atom. The van der Waals surface area contributed by atoms with E-state index in [1.54, 1.807) is 12.1 Å². The van der Waals surface area contributed by atoms with E-state index in [9.17, 15) is 9.18 Å². The average Bonchev–Trinajstić information content (AvgIpc) is 2.83. The van der Waals surface area contributed by atoms with Crippen LogP contribution in [0.1, 0.15) is 24.8 Å². The normalized spacial score (nSPS) is 22.3. The summed E-state index contributed by atoms with van der Waals surface area (Å²) in [4.78, 5) is 11.9. The number of methoxy groups -OCH3 is 1. The number of carbonyl (C=O) groups is 1. The zero-order valence-electron chi connectivity index (χ0n) is 11.0. The Morgan fingerprint density at radius 2 is 2.32 bits per heavy atom. The second kappa shape index (κ2) is 6.02. The molecule has 2 rings (SSSR count). The number of nitrogens with one attached hydrogen (secondary N) is 1. The number of hydrogen-bond acceptors (Lipinski definition) is 3. The van der Waals surface area contributed by atoms with Crippen molar-refractivity contribution in [3.05, 3.63) is 29.6 Å². The van der Waals surface area contributed by atoms with E-state index in [-0.39, 0.29) is 23.6 Å². The Balaban J connectivity index is 1.88. The molecule has 19 heavy (non-hydrogen) atoms. The van der Waals surface area contributed by atoms with Crippen molar-refractivity contribution in [2.75, 3.05) is 7.11 Å². The first-order valence-corrected chi connectivity index (χ1v) is 6.46. The van der Waals surface area contributed by atoms with E-state index in [1.807, 2.05) is 0 Å². The van der Waals surface area contributed by atoms with Crippen molar-refractivity contribution < 1.29 is 13.9 Å². The largest absolute Gasteiger partial charge is 0.494 e. The van der Waals surface area contributed by atoms with Crippen LogP contribution in [0.3, 0.4) is 0 Å². The first kappa shape index (κ1) is 13.8. The van der Waals surface area contributed by atoms with Crippen molar-refractivity contribution in [1.82, 2.24) is 5.32 Å². The zero-order chi connectivity index (χ0) is 13.8. The van der Waals surface area contributed by atoms with E-state index in [1.165, 1.54) is 13.2 Å². The predicted octanol–water partition coefficient (Wildman–Crippen LogP) is 1.58. The predicted molar refractivity (Wildman–Crippen MR) is 70.1 cm³/mol. The van der Waals surface area contributed by atoms with E-state index < -0.39 is 5.82 Å². The van der Waals surface area contributed by atoms with E-state index in [4.69, 9.17) is 10.5 Å². The molecule has 1 saturated carbocycles. The van der Waals surface area contributed by atoms with Crippen LogP contribution in [0.2, 0.25) is 0 Å². The smallest absolute Gasteiger partial charge is 0.223 e. The molecule has 0 aromatic heterocycles. The quantitative estimate of drug-likeness (QED) is 0.869. The third kappa shape index (κ3) is 3.44. The van der Waals surface area contributed by atoms with Gasteiger partial charge in [-0.15, -0.1) is 0 Å². The Bertz CT molecular complexity index is 465. The van der Waals surface area contributed by atoms with Gasteiger partial charge in [-0.1, -0.05) is 6.07 Å². The molecule has 1 aliphatic rings. The maximum atomic E-state index is 13.5. The molecule has 1 amide bonds. The maximum absolute atomic E-state index is 13.5. The third-order valence-electron chi connectivity index (χ3n) is 3.53. The molecule has 2 atom stereocenters. The summed E-state index contributed by atoms with van der Waals surface area (Å²) >= 11 is 0. The summed E-state index contributed by atoms with van der Waals surface area (Å²) in [6, 6.07) is 4.80. The first-order valence-electron chi connectivity index (χ1n) is 6.46. The summed E-state index contributed by atoms with van der Waals surface area (Å²) in [6.07, 6.45) is 2.47. The second-order valence-electron chi connectivity index (χ2n) is 4.96. The number of nitrogens with two attached hydrogens (primary N) is 1. The standard InChI is InChI=1S/C14H19FN2O2/c1-19-13-5-2-9(6-12(13)15)8-17-14(18)10-3-4-11(16)7-10/h2,5-6,10-11H,3-4,7-8,16H2,1H3,(H,17,18). The lowest BCUT2D eigenvalue weighted by Crippen LogP contribution is -2.30. The summed E-state index contributed by atoms with van der Waals surface area (Å²) in [5.41, 5.74) is 6.50. The number of halogens is 1. The number of rotatable bonds is 4. The summed E-state index contributed by atoms with van der Waals surface area (Å²) in [7, 11) is 1.42. The SMILES string of the molecule is COc1ccc(CNC(=O)C2CCC(N)C2)cc1F. The third-order valence-corrected chi connectivity index (χ3v) is 3.53. The lowest BCUT2D eigenvalue weighted by molar-refractivity contribution is -0.125. The molecule has 0 aliphatic heterocycles. The molecule has 1 aromatic carbocycles. The molecule has 0 bridgehead atoms. The lowest BCUT2D eigenvalue weighted by atomic mass is 10.1. The Morgan fingerprint density at radius 1 is 1.53 bits per heavy atom. The second-order valence-corrected chi connectivity index (χ2v) is 4.96. The van der Waals surface area contributed by atoms with Gasteiger partial charge in [0.25, 0.3) is 0 Å². The van der Waals surface area contributed by atoms with E-state index in [2.05, 4.69) is 5.32 Å². The van der Waals surface area contributed by atoms with Crippen molar-refractivity contribution >= 4 is 5.91 Å². The molecular formula is C14H19FN2O2. The van der Waals surface area contributed by atoms with Gasteiger partial charge in [0.1, 0.15) is 0 Å². The molecule has 3 N–H and O–H groups in total. The first-order chi connectivity index (χ1) is 9.10. The molecule has 0 radical (unpaired) electrons. The molecule has 1 aromatic rings. The fourth-order valence-electron chi connectivity index (χ4n) is 2.41. The van der Waals surface area contributed by atoms with Crippen LogP contribution in [0.15, 0.2) is 18.2 Å². The van der Waals surface area contributed by atoms with Crippen LogP contribution in [0.5, 0.6) is 5.75 Å². The van der Waals surface area contributed by atoms with Crippen LogP contribution in [-0.2, 0) is 11.3 Å². The molecule has 104 valence electrons. The number of amides is 1. The van der Waals surface area contributed by atoms with Gasteiger partial charge in [0.2, 0.25) is 5.91 Å². The fourth-order valence-corrected chi connectivity index (χ4v) is 2.41. The van der Waals surface area contributed by atoms with Gasteiger partial charge in [0, 0.05) is 18.5 Å². The number of carbonyl (C=O) groups excluding carboxylic acids is 1. The maximum Gasteiger partial charge on any atom is 0.223 e. The van der Waals surface area contributed by atoms with Crippen LogP contribution in [0.25, 0.3) is 0 Å². The summed E-state index contributed by atoms with van der Waals surface area (Å²) in [6.45, 7) is 0.325. The van der Waals surface area contributed by atoms with Crippen LogP contribution >= 0.6 is 0 Å². The van der Waals surface area contributed by atoms with Gasteiger partial charge in [-0.3, -0.25) is 4.79 Å². The molecule has 0 heterocycles. The number of benzene rings is 1. The Labute approximate surface area is 112 Å². The molecule has 4 nitrogen and oxygen atoms in total. The highest BCUT2D eigenvalue weighted by Gasteiger charge is 2.27. The van der Waals surface area contributed by atoms with Gasteiger partial charge in [-0.25, -0.2) is 4.39 Å². The minimum Gasteiger partial charge on any atom is -0.494 e. The van der Waals surface area contributed by atoms with Crippen LogP contribution in [0.4, 0.5) is 4.39 Å². The van der Waals surface area contributed by atoms with Crippen molar-refractivity contribution in [3.63, 3.8) is 0 Å². The fraction of sp³-hybridized carbons (Fsp3) is 0.500. The highest BCUT2D eigenvalue weighted by Crippen LogP contribution is 2.24. The average molecular weight is 266 g/mol. The molecule has 0 saturated heterocycles. The molecular weight excluding hydrogens is 247 g/mol. The molecule has 5 heteroatoms. The number of ether oxygens (including phenoxy) is 1. The highest BCUT2D eigenvalue weighted by atomic mass is 19.1. The minimum atomic E-state index is -0.419. The van der Waals surface area contributed by atoms with Gasteiger partial charge in [-0.05, 0) is 37.0 Å². The van der Waals surface area contributed by atoms with Crippen molar-refractivity contribution in [1.29, 1.82) is 0 Å². The minimum absolute atomic E-state index is 0.00176. The topological polar surface area (TPSA) is 64.3 Å². The monoisotopic (exact) mass is 266 g/mol. The Kier molecular flexibility index (Phi) is 4.37. The van der Waals surface area contributed by atoms with Gasteiger partial charge < -0.3 is 15.8 Å². The van der Waals surface area contributed by atoms with Gasteiger partial charge in [0.05, 0.1) is 7.11 Å². The molecule has 2 unspecified atom stereocenters. The zero-order valence-corrected chi connectivity index (χ0v) is 11.0. The summed E-state index contributed by atoms with van der Waals surface area (Å²) < 4.78 is 18.3. The van der Waals surface area contributed by atoms with E-state index in [0.29, 0.717) is 12.1 Å². The highest BCUT2D eigenvalue weighted by molar-refractivity contribution is 5.79. The number of hydrogen-bond donors (Lipinski definition) is 2. The summed E-state index contributed by atoms with van der Waals surface area (Å²) in [5, 5.41) is 2.82. The van der Waals surface area contributed by atoms with E-state index >= 15 is 0 Å². The molecule has 1 aliphatic carbocycles. The Hall–Kier alpha value is -1.62. The van der Waals surface area contributed by atoms with Crippen molar-refractivity contribution in [3.8, 4) is 5.75 Å². The molecule has 1 fully saturated rings. The van der Waals surface area contributed by atoms with Crippen LogP contribution in [-0.4, -0.2) is 19.1 Å². The van der Waals surface area contributed by atoms with Gasteiger partial charge in [0.15, 0.2) is 11.6 Å². The van der Waals surface area contributed by atoms with Crippen LogP contribution in [0, 0.1) is 11.7 Å².